The molecular weight excluding hydrogens is 175 g/mol. The van der Waals surface area contributed by atoms with Crippen LogP contribution in [0.2, 0.25) is 0 Å². The van der Waals surface area contributed by atoms with Crippen LogP contribution in [0.3, 0.4) is 0 Å². The summed E-state index contributed by atoms with van der Waals surface area (Å²) < 4.78 is 25.5. The van der Waals surface area contributed by atoms with E-state index in [1.165, 1.54) is 0 Å². The van der Waals surface area contributed by atoms with E-state index in [1.807, 2.05) is 6.66 Å². The van der Waals surface area contributed by atoms with E-state index in [1.54, 1.807) is 0 Å². The Labute approximate surface area is 60.4 Å². The van der Waals surface area contributed by atoms with Gasteiger partial charge in [-0.3, -0.25) is 8.98 Å². The Morgan fingerprint density at radius 3 is 2.60 bits per heavy atom. The number of carbonyl (C=O) groups is 1. The number of hydrogen-bond acceptors (Lipinski definition) is 4. The van der Waals surface area contributed by atoms with Gasteiger partial charge in [-0.1, -0.05) is 7.92 Å². The Hall–Kier alpha value is 0.0100. The van der Waals surface area contributed by atoms with E-state index in [-0.39, 0.29) is 12.5 Å². The molecule has 6 heteroatoms. The molecule has 1 aliphatic rings. The van der Waals surface area contributed by atoms with Crippen LogP contribution in [0.25, 0.3) is 0 Å². The zero-order valence-electron chi connectivity index (χ0n) is 5.40. The molecule has 1 fully saturated rings. The van der Waals surface area contributed by atoms with Crippen LogP contribution in [-0.4, -0.2) is 32.7 Å². The van der Waals surface area contributed by atoms with Gasteiger partial charge in [0.2, 0.25) is 0 Å². The van der Waals surface area contributed by atoms with Gasteiger partial charge in [-0.15, -0.1) is 0 Å². The second-order valence-electron chi connectivity index (χ2n) is 2.09. The summed E-state index contributed by atoms with van der Waals surface area (Å²) in [6, 6.07) is 0. The first-order valence-corrected chi connectivity index (χ1v) is 6.20. The fourth-order valence-electron chi connectivity index (χ4n) is 0.570. The maximum atomic E-state index is 10.6. The van der Waals surface area contributed by atoms with Gasteiger partial charge in [-0.25, -0.2) is 0 Å². The maximum absolute atomic E-state index is 10.6. The molecule has 1 heterocycles. The molecule has 1 rings (SSSR count). The smallest absolute Gasteiger partial charge is 0.279 e. The van der Waals surface area contributed by atoms with Crippen molar-refractivity contribution in [3.05, 3.63) is 0 Å². The normalized spacial score (nSPS) is 32.1. The van der Waals surface area contributed by atoms with Crippen LogP contribution < -0.4 is 0 Å². The Morgan fingerprint density at radius 1 is 1.60 bits per heavy atom. The summed E-state index contributed by atoms with van der Waals surface area (Å²) in [5.41, 5.74) is 0. The standard InChI is InChI=1S/C4H7O4PS/c1-9-2-4(5)10(6,7)8-3-9/h2-3H2,1H3. The van der Waals surface area contributed by atoms with Crippen LogP contribution in [0.1, 0.15) is 0 Å². The molecule has 0 aromatic rings. The average molecular weight is 182 g/mol. The molecule has 0 aromatic carbocycles. The lowest BCUT2D eigenvalue weighted by Crippen LogP contribution is -2.25. The van der Waals surface area contributed by atoms with Crippen molar-refractivity contribution < 1.29 is 17.4 Å². The lowest BCUT2D eigenvalue weighted by Gasteiger charge is -2.16. The van der Waals surface area contributed by atoms with Gasteiger partial charge < -0.3 is 0 Å². The van der Waals surface area contributed by atoms with Crippen molar-refractivity contribution >= 4 is 23.2 Å². The highest BCUT2D eigenvalue weighted by Crippen LogP contribution is 2.35. The third-order valence-corrected chi connectivity index (χ3v) is 4.02. The summed E-state index contributed by atoms with van der Waals surface area (Å²) in [4.78, 5) is 10.6. The van der Waals surface area contributed by atoms with Crippen molar-refractivity contribution in [2.75, 3.05) is 19.2 Å². The third kappa shape index (κ3) is 1.54. The van der Waals surface area contributed by atoms with Gasteiger partial charge >= 0.3 is 10.1 Å². The quantitative estimate of drug-likeness (QED) is 0.389. The average Bonchev–Trinajstić information content (AvgIpc) is 1.81. The Kier molecular flexibility index (Phi) is 2.08. The second kappa shape index (κ2) is 2.57. The summed E-state index contributed by atoms with van der Waals surface area (Å²) in [6.07, 6.45) is 0.348. The summed E-state index contributed by atoms with van der Waals surface area (Å²) in [5, 5.41) is -0.771. The lowest BCUT2D eigenvalue weighted by molar-refractivity contribution is -0.110. The molecule has 1 unspecified atom stereocenters. The van der Waals surface area contributed by atoms with Gasteiger partial charge in [0.1, 0.15) is 0 Å². The van der Waals surface area contributed by atoms with Crippen LogP contribution in [0.5, 0.6) is 0 Å². The van der Waals surface area contributed by atoms with Gasteiger partial charge in [0.25, 0.3) is 5.12 Å². The van der Waals surface area contributed by atoms with Gasteiger partial charge in [0.05, 0.1) is 6.35 Å². The minimum atomic E-state index is -3.82. The summed E-state index contributed by atoms with van der Waals surface area (Å²) in [7, 11) is -4.36. The molecule has 4 nitrogen and oxygen atoms in total. The van der Waals surface area contributed by atoms with E-state index in [4.69, 9.17) is 0 Å². The summed E-state index contributed by atoms with van der Waals surface area (Å²) in [6.45, 7) is 1.84. The Balaban J connectivity index is 2.81. The minimum absolute atomic E-state index is 0.150. The van der Waals surface area contributed by atoms with Crippen LogP contribution in [-0.2, 0) is 19.1 Å². The van der Waals surface area contributed by atoms with Crippen LogP contribution in [0, 0.1) is 0 Å². The molecule has 0 bridgehead atoms. The van der Waals surface area contributed by atoms with Crippen molar-refractivity contribution in [1.82, 2.24) is 0 Å². The van der Waals surface area contributed by atoms with E-state index in [2.05, 4.69) is 4.18 Å². The molecule has 0 aliphatic carbocycles. The van der Waals surface area contributed by atoms with Crippen molar-refractivity contribution in [3.63, 3.8) is 0 Å². The molecule has 0 amide bonds. The molecule has 0 spiro atoms. The molecule has 1 atom stereocenters. The van der Waals surface area contributed by atoms with Gasteiger partial charge in [-0.2, -0.15) is 8.42 Å². The van der Waals surface area contributed by atoms with Gasteiger partial charge in [0, 0.05) is 6.16 Å². The van der Waals surface area contributed by atoms with E-state index in [9.17, 15) is 13.2 Å². The second-order valence-corrected chi connectivity index (χ2v) is 5.97. The largest absolute Gasteiger partial charge is 0.331 e. The minimum Gasteiger partial charge on any atom is -0.279 e. The Bertz CT molecular complexity index is 244. The van der Waals surface area contributed by atoms with Crippen molar-refractivity contribution in [2.24, 2.45) is 0 Å². The van der Waals surface area contributed by atoms with Crippen LogP contribution in [0.4, 0.5) is 0 Å². The predicted molar refractivity (Wildman–Crippen MR) is 37.6 cm³/mol. The fourth-order valence-corrected chi connectivity index (χ4v) is 3.80. The lowest BCUT2D eigenvalue weighted by atomic mass is 10.9. The fraction of sp³-hybridized carbons (Fsp3) is 0.750. The first kappa shape index (κ1) is 8.11. The summed E-state index contributed by atoms with van der Waals surface area (Å²) in [5.74, 6) is 0. The van der Waals surface area contributed by atoms with E-state index in [0.717, 1.165) is 0 Å². The topological polar surface area (TPSA) is 60.4 Å². The highest BCUT2D eigenvalue weighted by atomic mass is 32.2. The molecular formula is C4H7O4PS. The monoisotopic (exact) mass is 182 g/mol. The number of carbonyl (C=O) groups excluding carboxylic acids is 1. The molecule has 10 heavy (non-hydrogen) atoms. The van der Waals surface area contributed by atoms with Gasteiger partial charge in [0.15, 0.2) is 0 Å². The molecule has 1 aliphatic heterocycles. The summed E-state index contributed by atoms with van der Waals surface area (Å²) >= 11 is 0. The van der Waals surface area contributed by atoms with E-state index >= 15 is 0 Å². The predicted octanol–water partition coefficient (Wildman–Crippen LogP) is -0.0578. The van der Waals surface area contributed by atoms with Crippen LogP contribution >= 0.6 is 7.92 Å². The Morgan fingerprint density at radius 2 is 2.20 bits per heavy atom. The molecule has 0 aromatic heterocycles. The van der Waals surface area contributed by atoms with E-state index in [0.29, 0.717) is 0 Å². The van der Waals surface area contributed by atoms with Crippen LogP contribution in [0.15, 0.2) is 0 Å². The van der Waals surface area contributed by atoms with Crippen molar-refractivity contribution in [2.45, 2.75) is 0 Å². The van der Waals surface area contributed by atoms with Crippen molar-refractivity contribution in [3.8, 4) is 0 Å². The highest BCUT2D eigenvalue weighted by molar-refractivity contribution is 8.03. The number of rotatable bonds is 0. The third-order valence-electron chi connectivity index (χ3n) is 1.11. The highest BCUT2D eigenvalue weighted by Gasteiger charge is 2.30. The molecule has 58 valence electrons. The molecule has 0 radical (unpaired) electrons. The maximum Gasteiger partial charge on any atom is 0.331 e. The molecule has 1 saturated heterocycles. The van der Waals surface area contributed by atoms with Gasteiger partial charge in [-0.05, 0) is 6.66 Å². The van der Waals surface area contributed by atoms with Crippen molar-refractivity contribution in [1.29, 1.82) is 0 Å². The zero-order chi connectivity index (χ0) is 7.78. The number of hydrogen-bond donors (Lipinski definition) is 0. The SMILES string of the molecule is CP1COS(=O)(=O)C(=O)C1. The first-order valence-electron chi connectivity index (χ1n) is 2.63. The zero-order valence-corrected chi connectivity index (χ0v) is 7.11. The molecule has 0 N–H and O–H groups in total. The molecule has 0 saturated carbocycles. The first-order chi connectivity index (χ1) is 4.52. The van der Waals surface area contributed by atoms with E-state index < -0.39 is 23.2 Å².